The lowest BCUT2D eigenvalue weighted by Crippen LogP contribution is -2.41. The maximum atomic E-state index is 14.3. The number of aliphatic hydroxyl groups excluding tert-OH is 1. The Balaban J connectivity index is 1.68. The van der Waals surface area contributed by atoms with Crippen LogP contribution in [0.3, 0.4) is 0 Å². The summed E-state index contributed by atoms with van der Waals surface area (Å²) in [6.45, 7) is 12.0. The number of amides is 1. The molecule has 1 saturated heterocycles. The minimum Gasteiger partial charge on any atom is -0.444 e. The summed E-state index contributed by atoms with van der Waals surface area (Å²) in [5.74, 6) is -0.207. The Hall–Kier alpha value is -3.04. The van der Waals surface area contributed by atoms with Gasteiger partial charge < -0.3 is 19.3 Å². The third kappa shape index (κ3) is 5.37. The van der Waals surface area contributed by atoms with Crippen molar-refractivity contribution in [2.24, 2.45) is 0 Å². The molecule has 0 spiro atoms. The summed E-state index contributed by atoms with van der Waals surface area (Å²) in [5.41, 5.74) is 3.33. The highest BCUT2D eigenvalue weighted by molar-refractivity contribution is 5.82. The van der Waals surface area contributed by atoms with Crippen molar-refractivity contribution in [2.45, 2.75) is 65.2 Å². The van der Waals surface area contributed by atoms with Crippen LogP contribution in [0.5, 0.6) is 0 Å². The number of nitrogens with zero attached hydrogens (tertiary/aromatic N) is 5. The van der Waals surface area contributed by atoms with Crippen LogP contribution in [-0.4, -0.2) is 67.3 Å². The molecule has 1 amide bonds. The van der Waals surface area contributed by atoms with Gasteiger partial charge in [0, 0.05) is 24.8 Å². The Morgan fingerprint density at radius 1 is 1.25 bits per heavy atom. The second-order valence-electron chi connectivity index (χ2n) is 10.3. The number of hydrogen-bond donors (Lipinski definition) is 1. The molecule has 0 aliphatic carbocycles. The number of halogens is 1. The van der Waals surface area contributed by atoms with Crippen molar-refractivity contribution in [3.05, 3.63) is 53.9 Å². The zero-order chi connectivity index (χ0) is 26.0. The highest BCUT2D eigenvalue weighted by Crippen LogP contribution is 2.36. The van der Waals surface area contributed by atoms with Gasteiger partial charge in [0.2, 0.25) is 0 Å². The molecular weight excluding hydrogens is 461 g/mol. The van der Waals surface area contributed by atoms with Crippen molar-refractivity contribution < 1.29 is 19.0 Å². The number of aliphatic hydroxyl groups is 1. The van der Waals surface area contributed by atoms with E-state index < -0.39 is 17.6 Å². The largest absolute Gasteiger partial charge is 0.444 e. The molecule has 9 heteroatoms. The molecular formula is C27H36FN5O3. The number of hydrogen-bond acceptors (Lipinski definition) is 6. The van der Waals surface area contributed by atoms with Gasteiger partial charge in [0.05, 0.1) is 22.9 Å². The number of piperidine rings is 1. The van der Waals surface area contributed by atoms with Crippen molar-refractivity contribution in [3.63, 3.8) is 0 Å². The molecule has 1 unspecified atom stereocenters. The average Bonchev–Trinajstić information content (AvgIpc) is 3.23. The van der Waals surface area contributed by atoms with Crippen molar-refractivity contribution in [1.29, 1.82) is 0 Å². The lowest BCUT2D eigenvalue weighted by atomic mass is 9.90. The normalized spacial score (nSPS) is 16.1. The quantitative estimate of drug-likeness (QED) is 0.482. The first-order valence-corrected chi connectivity index (χ1v) is 12.6. The number of carbonyl (C=O) groups is 1. The van der Waals surface area contributed by atoms with Crippen LogP contribution in [0.1, 0.15) is 70.7 Å². The molecule has 0 bridgehead atoms. The monoisotopic (exact) mass is 497 g/mol. The maximum Gasteiger partial charge on any atom is 0.410 e. The molecule has 3 heterocycles. The fourth-order valence-corrected chi connectivity index (χ4v) is 4.91. The summed E-state index contributed by atoms with van der Waals surface area (Å²) >= 11 is 0. The highest BCUT2D eigenvalue weighted by atomic mass is 19.1. The maximum absolute atomic E-state index is 14.3. The van der Waals surface area contributed by atoms with Crippen LogP contribution in [0.15, 0.2) is 36.9 Å². The van der Waals surface area contributed by atoms with E-state index in [-0.39, 0.29) is 12.0 Å². The van der Waals surface area contributed by atoms with Gasteiger partial charge in [-0.25, -0.2) is 19.2 Å². The minimum atomic E-state index is -0.951. The standard InChI is InChI=1S/C27H36FN5O3/c1-6-31(7-2)25(34)20-14-19(28)8-9-22(20)33-16-21(24-23(33)15-29-17-30-24)18-10-12-32(13-11-18)26(35)36-27(3,4)5/h8-9,14-18,25,34H,6-7,10-13H2,1-5H3. The van der Waals surface area contributed by atoms with E-state index in [1.54, 1.807) is 17.2 Å². The molecule has 0 radical (unpaired) electrons. The number of likely N-dealkylation sites (tertiary alicyclic amines) is 1. The van der Waals surface area contributed by atoms with E-state index in [1.807, 2.05) is 50.3 Å². The van der Waals surface area contributed by atoms with E-state index >= 15 is 0 Å². The first-order valence-electron chi connectivity index (χ1n) is 12.6. The molecule has 1 N–H and O–H groups in total. The van der Waals surface area contributed by atoms with Crippen LogP contribution in [0.2, 0.25) is 0 Å². The minimum absolute atomic E-state index is 0.193. The molecule has 194 valence electrons. The molecule has 3 aromatic rings. The number of carbonyl (C=O) groups excluding carboxylic acids is 1. The number of benzene rings is 1. The van der Waals surface area contributed by atoms with Gasteiger partial charge in [0.1, 0.15) is 24.0 Å². The Morgan fingerprint density at radius 3 is 2.58 bits per heavy atom. The number of rotatable bonds is 6. The van der Waals surface area contributed by atoms with Gasteiger partial charge in [-0.15, -0.1) is 0 Å². The van der Waals surface area contributed by atoms with E-state index in [9.17, 15) is 14.3 Å². The number of fused-ring (bicyclic) bond motifs is 1. The molecule has 8 nitrogen and oxygen atoms in total. The SMILES string of the molecule is CCN(CC)C(O)c1cc(F)ccc1-n1cc(C2CCN(C(=O)OC(C)(C)C)CC2)c2ncncc21. The van der Waals surface area contributed by atoms with Crippen LogP contribution in [0, 0.1) is 5.82 Å². The van der Waals surface area contributed by atoms with Crippen LogP contribution >= 0.6 is 0 Å². The zero-order valence-electron chi connectivity index (χ0n) is 21.7. The van der Waals surface area contributed by atoms with Gasteiger partial charge in [-0.2, -0.15) is 0 Å². The summed E-state index contributed by atoms with van der Waals surface area (Å²) in [6.07, 6.45) is 5.63. The second kappa shape index (κ2) is 10.5. The summed E-state index contributed by atoms with van der Waals surface area (Å²) in [7, 11) is 0. The molecule has 1 aliphatic heterocycles. The molecule has 36 heavy (non-hydrogen) atoms. The van der Waals surface area contributed by atoms with E-state index in [2.05, 4.69) is 9.97 Å². The summed E-state index contributed by atoms with van der Waals surface area (Å²) in [4.78, 5) is 25.0. The highest BCUT2D eigenvalue weighted by Gasteiger charge is 2.30. The summed E-state index contributed by atoms with van der Waals surface area (Å²) < 4.78 is 21.8. The predicted molar refractivity (Wildman–Crippen MR) is 136 cm³/mol. The smallest absolute Gasteiger partial charge is 0.410 e. The van der Waals surface area contributed by atoms with Crippen LogP contribution in [0.25, 0.3) is 16.7 Å². The van der Waals surface area contributed by atoms with E-state index in [4.69, 9.17) is 4.74 Å². The Bertz CT molecular complexity index is 1210. The second-order valence-corrected chi connectivity index (χ2v) is 10.3. The molecule has 1 atom stereocenters. The molecule has 4 rings (SSSR count). The summed E-state index contributed by atoms with van der Waals surface area (Å²) in [5, 5.41) is 11.1. The third-order valence-corrected chi connectivity index (χ3v) is 6.77. The van der Waals surface area contributed by atoms with Gasteiger partial charge in [0.25, 0.3) is 0 Å². The lowest BCUT2D eigenvalue weighted by Gasteiger charge is -2.33. The predicted octanol–water partition coefficient (Wildman–Crippen LogP) is 5.01. The van der Waals surface area contributed by atoms with Gasteiger partial charge in [-0.1, -0.05) is 13.8 Å². The van der Waals surface area contributed by atoms with Gasteiger partial charge in [-0.3, -0.25) is 4.90 Å². The number of aromatic nitrogens is 3. The van der Waals surface area contributed by atoms with Crippen molar-refractivity contribution in [2.75, 3.05) is 26.2 Å². The van der Waals surface area contributed by atoms with Crippen molar-refractivity contribution in [1.82, 2.24) is 24.3 Å². The van der Waals surface area contributed by atoms with E-state index in [1.165, 1.54) is 18.5 Å². The fraction of sp³-hybridized carbons (Fsp3) is 0.519. The molecule has 0 saturated carbocycles. The van der Waals surface area contributed by atoms with Gasteiger partial charge >= 0.3 is 6.09 Å². The van der Waals surface area contributed by atoms with Crippen LogP contribution < -0.4 is 0 Å². The number of ether oxygens (including phenoxy) is 1. The Labute approximate surface area is 211 Å². The Kier molecular flexibility index (Phi) is 7.61. The summed E-state index contributed by atoms with van der Waals surface area (Å²) in [6, 6.07) is 4.49. The topological polar surface area (TPSA) is 83.7 Å². The third-order valence-electron chi connectivity index (χ3n) is 6.77. The average molecular weight is 498 g/mol. The Morgan fingerprint density at radius 2 is 1.94 bits per heavy atom. The first kappa shape index (κ1) is 26.0. The molecule has 1 aliphatic rings. The van der Waals surface area contributed by atoms with Crippen LogP contribution in [-0.2, 0) is 4.74 Å². The van der Waals surface area contributed by atoms with Crippen molar-refractivity contribution >= 4 is 17.1 Å². The lowest BCUT2D eigenvalue weighted by molar-refractivity contribution is 0.00881. The van der Waals surface area contributed by atoms with Gasteiger partial charge in [0.15, 0.2) is 0 Å². The van der Waals surface area contributed by atoms with Crippen molar-refractivity contribution in [3.8, 4) is 5.69 Å². The molecule has 1 aromatic carbocycles. The van der Waals surface area contributed by atoms with E-state index in [0.29, 0.717) is 37.4 Å². The zero-order valence-corrected chi connectivity index (χ0v) is 21.7. The van der Waals surface area contributed by atoms with Gasteiger partial charge in [-0.05, 0) is 76.4 Å². The first-order chi connectivity index (χ1) is 17.1. The molecule has 1 fully saturated rings. The fourth-order valence-electron chi connectivity index (χ4n) is 4.91. The molecule has 2 aromatic heterocycles. The van der Waals surface area contributed by atoms with Crippen LogP contribution in [0.4, 0.5) is 9.18 Å². The van der Waals surface area contributed by atoms with E-state index in [0.717, 1.165) is 29.4 Å².